The predicted molar refractivity (Wildman–Crippen MR) is 101 cm³/mol. The SMILES string of the molecule is COc1ccc2c(c1)nc(N)n1nc(CCS(=O)(=O)c3ccc(F)cc3)nc21. The zero-order chi connectivity index (χ0) is 19.9. The number of nitrogens with zero attached hydrogens (tertiary/aromatic N) is 4. The number of methoxy groups -OCH3 is 1. The van der Waals surface area contributed by atoms with Crippen LogP contribution < -0.4 is 10.5 Å². The van der Waals surface area contributed by atoms with Crippen molar-refractivity contribution in [2.45, 2.75) is 11.3 Å². The molecule has 0 saturated carbocycles. The molecular formula is C18H16FN5O3S. The van der Waals surface area contributed by atoms with Crippen molar-refractivity contribution in [2.75, 3.05) is 18.6 Å². The fourth-order valence-corrected chi connectivity index (χ4v) is 4.11. The number of ether oxygens (including phenoxy) is 1. The lowest BCUT2D eigenvalue weighted by Crippen LogP contribution is -2.10. The van der Waals surface area contributed by atoms with Gasteiger partial charge in [0, 0.05) is 17.9 Å². The highest BCUT2D eigenvalue weighted by atomic mass is 32.2. The molecular weight excluding hydrogens is 385 g/mol. The second kappa shape index (κ2) is 6.71. The Morgan fingerprint density at radius 2 is 1.89 bits per heavy atom. The molecule has 2 heterocycles. The summed E-state index contributed by atoms with van der Waals surface area (Å²) in [6.07, 6.45) is 0.0818. The molecule has 4 aromatic rings. The van der Waals surface area contributed by atoms with E-state index in [0.29, 0.717) is 22.7 Å². The third kappa shape index (κ3) is 3.22. The lowest BCUT2D eigenvalue weighted by atomic mass is 10.2. The summed E-state index contributed by atoms with van der Waals surface area (Å²) in [6, 6.07) is 10.0. The maximum atomic E-state index is 13.0. The average molecular weight is 401 g/mol. The minimum absolute atomic E-state index is 0.0522. The smallest absolute Gasteiger partial charge is 0.223 e. The number of fused-ring (bicyclic) bond motifs is 3. The molecule has 0 radical (unpaired) electrons. The number of aromatic nitrogens is 4. The minimum Gasteiger partial charge on any atom is -0.497 e. The first-order valence-electron chi connectivity index (χ1n) is 8.34. The van der Waals surface area contributed by atoms with E-state index in [0.717, 1.165) is 17.5 Å². The Kier molecular flexibility index (Phi) is 4.34. The molecule has 8 nitrogen and oxygen atoms in total. The molecule has 0 aliphatic carbocycles. The van der Waals surface area contributed by atoms with Gasteiger partial charge in [-0.1, -0.05) is 0 Å². The van der Waals surface area contributed by atoms with Gasteiger partial charge in [-0.3, -0.25) is 0 Å². The van der Waals surface area contributed by atoms with Gasteiger partial charge in [0.15, 0.2) is 21.3 Å². The van der Waals surface area contributed by atoms with Crippen LogP contribution in [0.2, 0.25) is 0 Å². The molecule has 10 heteroatoms. The number of benzene rings is 2. The Morgan fingerprint density at radius 3 is 2.61 bits per heavy atom. The third-order valence-corrected chi connectivity index (χ3v) is 6.05. The van der Waals surface area contributed by atoms with Crippen LogP contribution in [0, 0.1) is 5.82 Å². The van der Waals surface area contributed by atoms with E-state index in [9.17, 15) is 12.8 Å². The summed E-state index contributed by atoms with van der Waals surface area (Å²) in [5.41, 5.74) is 7.05. The molecule has 4 rings (SSSR count). The zero-order valence-corrected chi connectivity index (χ0v) is 15.6. The van der Waals surface area contributed by atoms with Crippen LogP contribution in [0.5, 0.6) is 5.75 Å². The first kappa shape index (κ1) is 18.1. The molecule has 0 unspecified atom stereocenters. The van der Waals surface area contributed by atoms with Gasteiger partial charge in [0.25, 0.3) is 0 Å². The Bertz CT molecular complexity index is 1290. The van der Waals surface area contributed by atoms with Crippen molar-refractivity contribution in [3.63, 3.8) is 0 Å². The largest absolute Gasteiger partial charge is 0.497 e. The number of sulfone groups is 1. The standard InChI is InChI=1S/C18H16FN5O3S/c1-27-12-4-7-14-15(10-12)21-18(20)24-17(14)22-16(23-24)8-9-28(25,26)13-5-2-11(19)3-6-13/h2-7,10H,8-9H2,1H3,(H2,20,21). The van der Waals surface area contributed by atoms with Crippen LogP contribution in [-0.2, 0) is 16.3 Å². The van der Waals surface area contributed by atoms with Crippen molar-refractivity contribution in [3.05, 3.63) is 54.1 Å². The van der Waals surface area contributed by atoms with Crippen LogP contribution in [0.1, 0.15) is 5.82 Å². The van der Waals surface area contributed by atoms with Crippen LogP contribution in [0.4, 0.5) is 10.3 Å². The van der Waals surface area contributed by atoms with E-state index >= 15 is 0 Å². The molecule has 0 spiro atoms. The van der Waals surface area contributed by atoms with Gasteiger partial charge in [-0.2, -0.15) is 4.52 Å². The van der Waals surface area contributed by atoms with E-state index in [1.807, 2.05) is 0 Å². The molecule has 0 fully saturated rings. The van der Waals surface area contributed by atoms with E-state index in [1.54, 1.807) is 25.3 Å². The van der Waals surface area contributed by atoms with Crippen LogP contribution in [-0.4, -0.2) is 40.9 Å². The number of hydrogen-bond acceptors (Lipinski definition) is 7. The molecule has 0 amide bonds. The average Bonchev–Trinajstić information content (AvgIpc) is 3.12. The summed E-state index contributed by atoms with van der Waals surface area (Å²) < 4.78 is 44.5. The number of nitrogen functional groups attached to an aromatic ring is 1. The Labute approximate surface area is 159 Å². The minimum atomic E-state index is -3.59. The molecule has 0 saturated heterocycles. The zero-order valence-electron chi connectivity index (χ0n) is 14.8. The summed E-state index contributed by atoms with van der Waals surface area (Å²) in [7, 11) is -2.04. The Hall–Kier alpha value is -3.27. The maximum absolute atomic E-state index is 13.0. The van der Waals surface area contributed by atoms with Gasteiger partial charge >= 0.3 is 0 Å². The van der Waals surface area contributed by atoms with Crippen molar-refractivity contribution < 1.29 is 17.5 Å². The molecule has 2 N–H and O–H groups in total. The predicted octanol–water partition coefficient (Wildman–Crippen LogP) is 2.02. The normalized spacial score (nSPS) is 11.9. The highest BCUT2D eigenvalue weighted by molar-refractivity contribution is 7.91. The van der Waals surface area contributed by atoms with Gasteiger partial charge in [-0.25, -0.2) is 22.8 Å². The highest BCUT2D eigenvalue weighted by Gasteiger charge is 2.18. The van der Waals surface area contributed by atoms with Gasteiger partial charge in [0.1, 0.15) is 11.6 Å². The number of halogens is 1. The lowest BCUT2D eigenvalue weighted by molar-refractivity contribution is 0.415. The number of aryl methyl sites for hydroxylation is 1. The molecule has 0 atom stereocenters. The second-order valence-corrected chi connectivity index (χ2v) is 8.25. The Morgan fingerprint density at radius 1 is 1.14 bits per heavy atom. The van der Waals surface area contributed by atoms with Crippen molar-refractivity contribution in [1.29, 1.82) is 0 Å². The first-order chi connectivity index (χ1) is 13.4. The van der Waals surface area contributed by atoms with Gasteiger partial charge in [-0.15, -0.1) is 5.10 Å². The summed E-state index contributed by atoms with van der Waals surface area (Å²) in [5.74, 6) is 0.383. The van der Waals surface area contributed by atoms with Crippen LogP contribution in [0.3, 0.4) is 0 Å². The molecule has 2 aromatic carbocycles. The molecule has 0 aliphatic heterocycles. The second-order valence-electron chi connectivity index (χ2n) is 6.14. The molecule has 0 bridgehead atoms. The van der Waals surface area contributed by atoms with Crippen LogP contribution >= 0.6 is 0 Å². The summed E-state index contributed by atoms with van der Waals surface area (Å²) >= 11 is 0. The van der Waals surface area contributed by atoms with E-state index in [1.165, 1.54) is 16.6 Å². The fraction of sp³-hybridized carbons (Fsp3) is 0.167. The Balaban J connectivity index is 1.67. The van der Waals surface area contributed by atoms with E-state index in [4.69, 9.17) is 10.5 Å². The molecule has 28 heavy (non-hydrogen) atoms. The van der Waals surface area contributed by atoms with Gasteiger partial charge in [0.05, 0.1) is 23.3 Å². The topological polar surface area (TPSA) is 112 Å². The van der Waals surface area contributed by atoms with Gasteiger partial charge < -0.3 is 10.5 Å². The van der Waals surface area contributed by atoms with Crippen LogP contribution in [0.15, 0.2) is 47.4 Å². The highest BCUT2D eigenvalue weighted by Crippen LogP contribution is 2.24. The molecule has 2 aromatic heterocycles. The number of hydrogen-bond donors (Lipinski definition) is 1. The summed E-state index contributed by atoms with van der Waals surface area (Å²) in [4.78, 5) is 8.78. The lowest BCUT2D eigenvalue weighted by Gasteiger charge is -2.04. The quantitative estimate of drug-likeness (QED) is 0.509. The number of nitrogens with two attached hydrogens (primary N) is 1. The van der Waals surface area contributed by atoms with E-state index < -0.39 is 15.7 Å². The summed E-state index contributed by atoms with van der Waals surface area (Å²) in [6.45, 7) is 0. The monoisotopic (exact) mass is 401 g/mol. The molecule has 0 aliphatic rings. The van der Waals surface area contributed by atoms with E-state index in [-0.39, 0.29) is 23.0 Å². The van der Waals surface area contributed by atoms with Crippen molar-refractivity contribution in [1.82, 2.24) is 19.6 Å². The first-order valence-corrected chi connectivity index (χ1v) is 10.00. The van der Waals surface area contributed by atoms with Gasteiger partial charge in [0.2, 0.25) is 5.95 Å². The molecule has 144 valence electrons. The van der Waals surface area contributed by atoms with E-state index in [2.05, 4.69) is 15.1 Å². The third-order valence-electron chi connectivity index (χ3n) is 4.32. The van der Waals surface area contributed by atoms with Crippen molar-refractivity contribution in [2.24, 2.45) is 0 Å². The van der Waals surface area contributed by atoms with Crippen molar-refractivity contribution in [3.8, 4) is 5.75 Å². The maximum Gasteiger partial charge on any atom is 0.223 e. The van der Waals surface area contributed by atoms with Gasteiger partial charge in [-0.05, 0) is 36.4 Å². The number of anilines is 1. The van der Waals surface area contributed by atoms with Crippen LogP contribution in [0.25, 0.3) is 16.6 Å². The van der Waals surface area contributed by atoms with Crippen molar-refractivity contribution >= 4 is 32.3 Å². The number of rotatable bonds is 5. The summed E-state index contributed by atoms with van der Waals surface area (Å²) in [5, 5.41) is 5.00. The fourth-order valence-electron chi connectivity index (χ4n) is 2.87.